The number of nitrogens with zero attached hydrogens (tertiary/aromatic N) is 2. The van der Waals surface area contributed by atoms with Gasteiger partial charge in [0.1, 0.15) is 5.75 Å². The van der Waals surface area contributed by atoms with Gasteiger partial charge in [-0.3, -0.25) is 9.78 Å². The molecule has 126 valence electrons. The number of rotatable bonds is 4. The van der Waals surface area contributed by atoms with Gasteiger partial charge >= 0.3 is 0 Å². The van der Waals surface area contributed by atoms with E-state index in [-0.39, 0.29) is 5.91 Å². The molecule has 5 nitrogen and oxygen atoms in total. The molecule has 3 aromatic rings. The highest BCUT2D eigenvalue weighted by atomic mass is 16.5. The molecule has 1 N–H and O–H groups in total. The molecule has 1 aromatic heterocycles. The zero-order valence-electron chi connectivity index (χ0n) is 14.4. The number of amides is 1. The van der Waals surface area contributed by atoms with Crippen LogP contribution in [0.3, 0.4) is 0 Å². The van der Waals surface area contributed by atoms with Crippen LogP contribution in [-0.4, -0.2) is 24.2 Å². The predicted octanol–water partition coefficient (Wildman–Crippen LogP) is 3.62. The summed E-state index contributed by atoms with van der Waals surface area (Å²) in [5.41, 5.74) is 6.52. The summed E-state index contributed by atoms with van der Waals surface area (Å²) in [6.07, 6.45) is 1.56. The summed E-state index contributed by atoms with van der Waals surface area (Å²) in [5.74, 6) is 0.402. The third-order valence-corrected chi connectivity index (χ3v) is 3.99. The first-order chi connectivity index (χ1) is 12.1. The number of ether oxygens (including phenoxy) is 1. The molecule has 0 aliphatic carbocycles. The summed E-state index contributed by atoms with van der Waals surface area (Å²) >= 11 is 0. The molecule has 0 atom stereocenters. The summed E-state index contributed by atoms with van der Waals surface area (Å²) in [6, 6.07) is 15.2. The SMILES string of the molecule is COc1ccccc1/C=N\NC(=O)c1cc2cccc(C)c2nc1C. The molecular weight excluding hydrogens is 314 g/mol. The van der Waals surface area contributed by atoms with Crippen LogP contribution in [0.25, 0.3) is 10.9 Å². The number of hydrogen-bond donors (Lipinski definition) is 1. The minimum atomic E-state index is -0.292. The van der Waals surface area contributed by atoms with Crippen molar-refractivity contribution in [1.29, 1.82) is 0 Å². The first-order valence-electron chi connectivity index (χ1n) is 7.93. The van der Waals surface area contributed by atoms with E-state index in [1.165, 1.54) is 0 Å². The number of methoxy groups -OCH3 is 1. The lowest BCUT2D eigenvalue weighted by molar-refractivity contribution is 0.0954. The van der Waals surface area contributed by atoms with Gasteiger partial charge in [-0.1, -0.05) is 30.3 Å². The minimum Gasteiger partial charge on any atom is -0.496 e. The maximum Gasteiger partial charge on any atom is 0.273 e. The van der Waals surface area contributed by atoms with Crippen molar-refractivity contribution in [3.63, 3.8) is 0 Å². The molecule has 0 bridgehead atoms. The molecule has 5 heteroatoms. The highest BCUT2D eigenvalue weighted by Gasteiger charge is 2.12. The molecule has 0 aliphatic heterocycles. The summed E-state index contributed by atoms with van der Waals surface area (Å²) in [7, 11) is 1.59. The van der Waals surface area contributed by atoms with Gasteiger partial charge in [-0.25, -0.2) is 5.43 Å². The van der Waals surface area contributed by atoms with Gasteiger partial charge in [0.25, 0.3) is 5.91 Å². The van der Waals surface area contributed by atoms with E-state index in [4.69, 9.17) is 4.74 Å². The number of aromatic nitrogens is 1. The van der Waals surface area contributed by atoms with Crippen LogP contribution in [0.15, 0.2) is 53.6 Å². The van der Waals surface area contributed by atoms with E-state index in [1.54, 1.807) is 13.3 Å². The fourth-order valence-corrected chi connectivity index (χ4v) is 2.66. The summed E-state index contributed by atoms with van der Waals surface area (Å²) in [4.78, 5) is 17.0. The van der Waals surface area contributed by atoms with Gasteiger partial charge in [-0.2, -0.15) is 5.10 Å². The third-order valence-electron chi connectivity index (χ3n) is 3.99. The van der Waals surface area contributed by atoms with Crippen LogP contribution in [0.1, 0.15) is 27.2 Å². The van der Waals surface area contributed by atoms with Crippen molar-refractivity contribution in [3.8, 4) is 5.75 Å². The lowest BCUT2D eigenvalue weighted by Crippen LogP contribution is -2.19. The number of benzene rings is 2. The molecule has 1 amide bonds. The number of fused-ring (bicyclic) bond motifs is 1. The Morgan fingerprint density at radius 1 is 1.16 bits per heavy atom. The molecule has 3 rings (SSSR count). The molecule has 1 heterocycles. The highest BCUT2D eigenvalue weighted by Crippen LogP contribution is 2.19. The maximum absolute atomic E-state index is 12.4. The van der Waals surface area contributed by atoms with E-state index in [1.807, 2.05) is 62.4 Å². The first-order valence-corrected chi connectivity index (χ1v) is 7.93. The molecule has 0 fully saturated rings. The second-order valence-corrected chi connectivity index (χ2v) is 5.71. The number of hydrogen-bond acceptors (Lipinski definition) is 4. The van der Waals surface area contributed by atoms with E-state index in [2.05, 4.69) is 15.5 Å². The van der Waals surface area contributed by atoms with Gasteiger partial charge in [0.15, 0.2) is 0 Å². The van der Waals surface area contributed by atoms with Crippen molar-refractivity contribution in [1.82, 2.24) is 10.4 Å². The minimum absolute atomic E-state index is 0.292. The average molecular weight is 333 g/mol. The lowest BCUT2D eigenvalue weighted by atomic mass is 10.1. The highest BCUT2D eigenvalue weighted by molar-refractivity contribution is 5.99. The Morgan fingerprint density at radius 3 is 2.76 bits per heavy atom. The molecule has 0 unspecified atom stereocenters. The van der Waals surface area contributed by atoms with Gasteiger partial charge in [-0.05, 0) is 37.6 Å². The molecular formula is C20H19N3O2. The molecule has 0 radical (unpaired) electrons. The molecule has 2 aromatic carbocycles. The van der Waals surface area contributed by atoms with Crippen molar-refractivity contribution in [3.05, 3.63) is 70.9 Å². The van der Waals surface area contributed by atoms with Crippen LogP contribution >= 0.6 is 0 Å². The maximum atomic E-state index is 12.4. The fraction of sp³-hybridized carbons (Fsp3) is 0.150. The van der Waals surface area contributed by atoms with E-state index in [0.29, 0.717) is 17.0 Å². The Hall–Kier alpha value is -3.21. The van der Waals surface area contributed by atoms with E-state index in [0.717, 1.165) is 22.0 Å². The second-order valence-electron chi connectivity index (χ2n) is 5.71. The van der Waals surface area contributed by atoms with E-state index >= 15 is 0 Å². The van der Waals surface area contributed by atoms with Crippen LogP contribution in [0.4, 0.5) is 0 Å². The number of hydrazone groups is 1. The topological polar surface area (TPSA) is 63.6 Å². The van der Waals surface area contributed by atoms with Crippen LogP contribution < -0.4 is 10.2 Å². The monoisotopic (exact) mass is 333 g/mol. The number of carbonyl (C=O) groups is 1. The second kappa shape index (κ2) is 7.13. The van der Waals surface area contributed by atoms with Crippen LogP contribution in [-0.2, 0) is 0 Å². The molecule has 0 saturated heterocycles. The Balaban J connectivity index is 1.83. The molecule has 0 saturated carbocycles. The smallest absolute Gasteiger partial charge is 0.273 e. The summed E-state index contributed by atoms with van der Waals surface area (Å²) in [5, 5.41) is 4.97. The van der Waals surface area contributed by atoms with Crippen molar-refractivity contribution in [2.45, 2.75) is 13.8 Å². The zero-order valence-corrected chi connectivity index (χ0v) is 14.4. The molecule has 0 aliphatic rings. The molecule has 0 spiro atoms. The van der Waals surface area contributed by atoms with Crippen molar-refractivity contribution in [2.24, 2.45) is 5.10 Å². The number of carbonyl (C=O) groups excluding carboxylic acids is 1. The van der Waals surface area contributed by atoms with Gasteiger partial charge in [0.2, 0.25) is 0 Å². The third kappa shape index (κ3) is 3.50. The van der Waals surface area contributed by atoms with E-state index < -0.39 is 0 Å². The summed E-state index contributed by atoms with van der Waals surface area (Å²) < 4.78 is 5.25. The Bertz CT molecular complexity index is 964. The van der Waals surface area contributed by atoms with Gasteiger partial charge < -0.3 is 4.74 Å². The Labute approximate surface area is 146 Å². The average Bonchev–Trinajstić information content (AvgIpc) is 2.62. The van der Waals surface area contributed by atoms with Crippen LogP contribution in [0, 0.1) is 13.8 Å². The van der Waals surface area contributed by atoms with Gasteiger partial charge in [0, 0.05) is 10.9 Å². The number of pyridine rings is 1. The molecule has 25 heavy (non-hydrogen) atoms. The zero-order chi connectivity index (χ0) is 17.8. The van der Waals surface area contributed by atoms with E-state index in [9.17, 15) is 4.79 Å². The normalized spacial score (nSPS) is 11.0. The quantitative estimate of drug-likeness (QED) is 0.586. The predicted molar refractivity (Wildman–Crippen MR) is 99.3 cm³/mol. The Morgan fingerprint density at radius 2 is 1.96 bits per heavy atom. The number of para-hydroxylation sites is 2. The van der Waals surface area contributed by atoms with Crippen molar-refractivity contribution in [2.75, 3.05) is 7.11 Å². The van der Waals surface area contributed by atoms with Crippen LogP contribution in [0.2, 0.25) is 0 Å². The van der Waals surface area contributed by atoms with Crippen molar-refractivity contribution < 1.29 is 9.53 Å². The largest absolute Gasteiger partial charge is 0.496 e. The summed E-state index contributed by atoms with van der Waals surface area (Å²) in [6.45, 7) is 3.83. The van der Waals surface area contributed by atoms with Crippen molar-refractivity contribution >= 4 is 23.0 Å². The number of nitrogens with one attached hydrogen (secondary N) is 1. The van der Waals surface area contributed by atoms with Gasteiger partial charge in [0.05, 0.1) is 30.1 Å². The lowest BCUT2D eigenvalue weighted by Gasteiger charge is -2.08. The standard InChI is InChI=1S/C20H19N3O2/c1-13-7-6-9-15-11-17(14(2)22-19(13)15)20(24)23-21-12-16-8-4-5-10-18(16)25-3/h4-12H,1-3H3,(H,23,24)/b21-12-. The van der Waals surface area contributed by atoms with Gasteiger partial charge in [-0.15, -0.1) is 0 Å². The first kappa shape index (κ1) is 16.6. The Kier molecular flexibility index (Phi) is 4.75. The number of aryl methyl sites for hydroxylation is 2. The fourth-order valence-electron chi connectivity index (χ4n) is 2.66. The van der Waals surface area contributed by atoms with Crippen LogP contribution in [0.5, 0.6) is 5.75 Å².